The van der Waals surface area contributed by atoms with Crippen molar-refractivity contribution in [3.8, 4) is 5.75 Å². The number of anilines is 1. The van der Waals surface area contributed by atoms with Crippen LogP contribution in [0.5, 0.6) is 5.75 Å². The number of sulfone groups is 1. The summed E-state index contributed by atoms with van der Waals surface area (Å²) in [6, 6.07) is 15.0. The van der Waals surface area contributed by atoms with Gasteiger partial charge >= 0.3 is 0 Å². The molecule has 30 heavy (non-hydrogen) atoms. The molecule has 0 unspecified atom stereocenters. The van der Waals surface area contributed by atoms with Gasteiger partial charge in [0.15, 0.2) is 15.0 Å². The zero-order valence-corrected chi connectivity index (χ0v) is 18.1. The average Bonchev–Trinajstić information content (AvgIpc) is 3.20. The fraction of sp³-hybridized carbons (Fsp3) is 0.333. The molecule has 0 bridgehead atoms. The van der Waals surface area contributed by atoms with Gasteiger partial charge in [0.05, 0.1) is 31.1 Å². The van der Waals surface area contributed by atoms with Crippen molar-refractivity contribution < 1.29 is 17.9 Å². The first-order valence-electron chi connectivity index (χ1n) is 9.61. The smallest absolute Gasteiger partial charge is 0.224 e. The minimum absolute atomic E-state index is 0.0173. The molecule has 7 nitrogen and oxygen atoms in total. The van der Waals surface area contributed by atoms with Crippen molar-refractivity contribution in [1.82, 2.24) is 5.32 Å². The molecule has 2 aromatic rings. The molecule has 0 radical (unpaired) electrons. The standard InChI is InChI=1S/C21H23N3O4S2/c1-28-18-5-3-2-4-15(18)11-22-20(25)10-14-6-8-16(9-7-14)23-21-24-17-12-30(26,27)13-19(17)29-21/h2-9,17,19H,10-13H2,1H3,(H,22,25)(H,23,24)/t17-,19+/m0/s1. The molecule has 1 amide bonds. The second kappa shape index (κ2) is 8.69. The molecule has 0 aliphatic carbocycles. The summed E-state index contributed by atoms with van der Waals surface area (Å²) in [7, 11) is -1.33. The third kappa shape index (κ3) is 4.96. The van der Waals surface area contributed by atoms with Crippen LogP contribution in [-0.2, 0) is 27.6 Å². The number of ether oxygens (including phenoxy) is 1. The zero-order chi connectivity index (χ0) is 21.1. The van der Waals surface area contributed by atoms with Gasteiger partial charge in [-0.1, -0.05) is 42.1 Å². The summed E-state index contributed by atoms with van der Waals surface area (Å²) < 4.78 is 28.6. The number of carbonyl (C=O) groups excluding carboxylic acids is 1. The Morgan fingerprint density at radius 3 is 2.67 bits per heavy atom. The predicted molar refractivity (Wildman–Crippen MR) is 120 cm³/mol. The third-order valence-electron chi connectivity index (χ3n) is 5.06. The molecule has 158 valence electrons. The first kappa shape index (κ1) is 20.7. The number of amidine groups is 1. The lowest BCUT2D eigenvalue weighted by atomic mass is 10.1. The van der Waals surface area contributed by atoms with Gasteiger partial charge in [-0.2, -0.15) is 0 Å². The van der Waals surface area contributed by atoms with Gasteiger partial charge in [0.25, 0.3) is 0 Å². The molecule has 0 aromatic heterocycles. The van der Waals surface area contributed by atoms with E-state index in [0.29, 0.717) is 6.54 Å². The highest BCUT2D eigenvalue weighted by atomic mass is 32.2. The molecule has 2 atom stereocenters. The van der Waals surface area contributed by atoms with E-state index in [9.17, 15) is 13.2 Å². The molecule has 9 heteroatoms. The lowest BCUT2D eigenvalue weighted by molar-refractivity contribution is -0.120. The van der Waals surface area contributed by atoms with Crippen molar-refractivity contribution in [3.05, 3.63) is 59.7 Å². The average molecular weight is 446 g/mol. The lowest BCUT2D eigenvalue weighted by Crippen LogP contribution is -2.24. The van der Waals surface area contributed by atoms with E-state index >= 15 is 0 Å². The normalized spacial score (nSPS) is 21.6. The van der Waals surface area contributed by atoms with Crippen LogP contribution < -0.4 is 15.4 Å². The number of para-hydroxylation sites is 1. The summed E-state index contributed by atoms with van der Waals surface area (Å²) in [6.07, 6.45) is 0.285. The number of hydrogen-bond acceptors (Lipinski definition) is 7. The Bertz CT molecular complexity index is 1070. The molecule has 2 N–H and O–H groups in total. The molecule has 2 aliphatic heterocycles. The lowest BCUT2D eigenvalue weighted by Gasteiger charge is -2.10. The summed E-state index contributed by atoms with van der Waals surface area (Å²) in [5, 5.41) is 6.93. The Morgan fingerprint density at radius 1 is 1.17 bits per heavy atom. The first-order valence-corrected chi connectivity index (χ1v) is 12.3. The third-order valence-corrected chi connectivity index (χ3v) is 8.20. The molecular weight excluding hydrogens is 422 g/mol. The summed E-state index contributed by atoms with van der Waals surface area (Å²) in [5.74, 6) is 1.02. The van der Waals surface area contributed by atoms with Crippen LogP contribution in [0.25, 0.3) is 0 Å². The number of methoxy groups -OCH3 is 1. The Balaban J connectivity index is 1.28. The van der Waals surface area contributed by atoms with Crippen LogP contribution in [0.3, 0.4) is 0 Å². The number of aliphatic imine (C=N–C) groups is 1. The van der Waals surface area contributed by atoms with Crippen molar-refractivity contribution in [1.29, 1.82) is 0 Å². The highest BCUT2D eigenvalue weighted by Crippen LogP contribution is 2.34. The maximum Gasteiger partial charge on any atom is 0.224 e. The summed E-state index contributed by atoms with van der Waals surface area (Å²) in [5.41, 5.74) is 2.70. The SMILES string of the molecule is COc1ccccc1CNC(=O)Cc1ccc(NC2=N[C@H]3CS(=O)(=O)C[C@H]3S2)cc1. The second-order valence-electron chi connectivity index (χ2n) is 7.32. The van der Waals surface area contributed by atoms with Gasteiger partial charge in [0.1, 0.15) is 5.75 Å². The Morgan fingerprint density at radius 2 is 1.93 bits per heavy atom. The number of fused-ring (bicyclic) bond motifs is 1. The highest BCUT2D eigenvalue weighted by molar-refractivity contribution is 8.15. The number of carbonyl (C=O) groups is 1. The minimum atomic E-state index is -2.95. The van der Waals surface area contributed by atoms with E-state index in [1.807, 2.05) is 48.5 Å². The summed E-state index contributed by atoms with van der Waals surface area (Å²) in [6.45, 7) is 0.414. The molecule has 4 rings (SSSR count). The van der Waals surface area contributed by atoms with Gasteiger partial charge < -0.3 is 15.4 Å². The van der Waals surface area contributed by atoms with Crippen LogP contribution in [-0.4, -0.2) is 49.4 Å². The van der Waals surface area contributed by atoms with E-state index in [2.05, 4.69) is 15.6 Å². The van der Waals surface area contributed by atoms with Gasteiger partial charge in [-0.3, -0.25) is 9.79 Å². The van der Waals surface area contributed by atoms with Crippen LogP contribution in [0.4, 0.5) is 5.69 Å². The number of benzene rings is 2. The second-order valence-corrected chi connectivity index (χ2v) is 10.7. The van der Waals surface area contributed by atoms with Crippen molar-refractivity contribution in [2.24, 2.45) is 4.99 Å². The number of nitrogens with one attached hydrogen (secondary N) is 2. The van der Waals surface area contributed by atoms with Crippen molar-refractivity contribution in [2.75, 3.05) is 23.9 Å². The van der Waals surface area contributed by atoms with E-state index in [1.165, 1.54) is 11.8 Å². The largest absolute Gasteiger partial charge is 0.496 e. The van der Waals surface area contributed by atoms with Crippen LogP contribution in [0.2, 0.25) is 0 Å². The number of hydrogen-bond donors (Lipinski definition) is 2. The summed E-state index contributed by atoms with van der Waals surface area (Å²) >= 11 is 1.49. The Labute approximate surface area is 180 Å². The topological polar surface area (TPSA) is 96.9 Å². The number of thioether (sulfide) groups is 1. The quantitative estimate of drug-likeness (QED) is 0.708. The molecule has 2 aliphatic rings. The van der Waals surface area contributed by atoms with E-state index < -0.39 is 9.84 Å². The fourth-order valence-corrected chi connectivity index (χ4v) is 7.21. The van der Waals surface area contributed by atoms with Gasteiger partial charge in [-0.25, -0.2) is 8.42 Å². The minimum Gasteiger partial charge on any atom is -0.496 e. The predicted octanol–water partition coefficient (Wildman–Crippen LogP) is 2.23. The van der Waals surface area contributed by atoms with Gasteiger partial charge in [-0.15, -0.1) is 0 Å². The fourth-order valence-electron chi connectivity index (χ4n) is 3.54. The molecule has 2 heterocycles. The molecule has 1 saturated heterocycles. The highest BCUT2D eigenvalue weighted by Gasteiger charge is 2.42. The summed E-state index contributed by atoms with van der Waals surface area (Å²) in [4.78, 5) is 16.8. The number of nitrogens with zero attached hydrogens (tertiary/aromatic N) is 1. The first-order chi connectivity index (χ1) is 14.4. The zero-order valence-electron chi connectivity index (χ0n) is 16.5. The number of amides is 1. The van der Waals surface area contributed by atoms with E-state index in [0.717, 1.165) is 27.7 Å². The number of rotatable bonds is 6. The van der Waals surface area contributed by atoms with Crippen LogP contribution >= 0.6 is 11.8 Å². The maximum atomic E-state index is 12.3. The van der Waals surface area contributed by atoms with Crippen LogP contribution in [0.15, 0.2) is 53.5 Å². The van der Waals surface area contributed by atoms with E-state index in [4.69, 9.17) is 4.74 Å². The van der Waals surface area contributed by atoms with Crippen molar-refractivity contribution in [3.63, 3.8) is 0 Å². The molecule has 0 saturated carbocycles. The Hall–Kier alpha value is -2.52. The molecule has 0 spiro atoms. The molecule has 2 aromatic carbocycles. The van der Waals surface area contributed by atoms with Crippen molar-refractivity contribution in [2.45, 2.75) is 24.3 Å². The van der Waals surface area contributed by atoms with E-state index in [-0.39, 0.29) is 35.1 Å². The van der Waals surface area contributed by atoms with E-state index in [1.54, 1.807) is 7.11 Å². The Kier molecular flexibility index (Phi) is 6.01. The van der Waals surface area contributed by atoms with Gasteiger partial charge in [0.2, 0.25) is 5.91 Å². The van der Waals surface area contributed by atoms with Gasteiger partial charge in [0, 0.05) is 23.0 Å². The molecular formula is C21H23N3O4S2. The monoisotopic (exact) mass is 445 g/mol. The van der Waals surface area contributed by atoms with Crippen LogP contribution in [0.1, 0.15) is 11.1 Å². The van der Waals surface area contributed by atoms with Crippen LogP contribution in [0, 0.1) is 0 Å². The molecule has 1 fully saturated rings. The maximum absolute atomic E-state index is 12.3. The van der Waals surface area contributed by atoms with Gasteiger partial charge in [-0.05, 0) is 23.8 Å². The van der Waals surface area contributed by atoms with Crippen molar-refractivity contribution >= 4 is 38.4 Å².